The van der Waals surface area contributed by atoms with Crippen molar-refractivity contribution < 1.29 is 35.9 Å². The first kappa shape index (κ1) is 21.8. The number of nitrogens with zero attached hydrogens (tertiary/aromatic N) is 1. The van der Waals surface area contributed by atoms with Gasteiger partial charge in [-0.25, -0.2) is 8.42 Å². The average molecular weight is 444 g/mol. The van der Waals surface area contributed by atoms with Crippen molar-refractivity contribution in [1.29, 1.82) is 0 Å². The summed E-state index contributed by atoms with van der Waals surface area (Å²) >= 11 is 0. The Labute approximate surface area is 171 Å². The number of ether oxygens (including phenoxy) is 2. The first-order valence-electron chi connectivity index (χ1n) is 8.80. The van der Waals surface area contributed by atoms with Gasteiger partial charge in [0.15, 0.2) is 11.5 Å². The molecule has 162 valence electrons. The molecule has 3 rings (SSSR count). The Hall–Kier alpha value is -2.95. The van der Waals surface area contributed by atoms with E-state index in [1.54, 1.807) is 18.2 Å². The van der Waals surface area contributed by atoms with Gasteiger partial charge in [-0.15, -0.1) is 0 Å². The summed E-state index contributed by atoms with van der Waals surface area (Å²) < 4.78 is 74.8. The summed E-state index contributed by atoms with van der Waals surface area (Å²) in [4.78, 5) is 12.6. The van der Waals surface area contributed by atoms with Gasteiger partial charge >= 0.3 is 6.18 Å². The van der Waals surface area contributed by atoms with Crippen LogP contribution in [0.1, 0.15) is 18.1 Å². The number of carbonyl (C=O) groups excluding carboxylic acids is 1. The van der Waals surface area contributed by atoms with E-state index >= 15 is 0 Å². The first-order valence-corrected chi connectivity index (χ1v) is 10.6. The van der Waals surface area contributed by atoms with Crippen LogP contribution in [0.3, 0.4) is 0 Å². The zero-order chi connectivity index (χ0) is 22.1. The van der Waals surface area contributed by atoms with E-state index in [9.17, 15) is 26.4 Å². The Morgan fingerprint density at radius 2 is 1.87 bits per heavy atom. The van der Waals surface area contributed by atoms with Crippen molar-refractivity contribution in [3.63, 3.8) is 0 Å². The second-order valence-corrected chi connectivity index (χ2v) is 8.55. The monoisotopic (exact) mass is 444 g/mol. The van der Waals surface area contributed by atoms with E-state index < -0.39 is 33.7 Å². The molecular formula is C19H19F3N2O5S. The number of anilines is 1. The van der Waals surface area contributed by atoms with E-state index in [2.05, 4.69) is 5.32 Å². The van der Waals surface area contributed by atoms with Crippen LogP contribution in [0.2, 0.25) is 0 Å². The van der Waals surface area contributed by atoms with Gasteiger partial charge in [-0.05, 0) is 42.8 Å². The minimum atomic E-state index is -4.65. The Bertz CT molecular complexity index is 1060. The highest BCUT2D eigenvalue weighted by atomic mass is 32.2. The standard InChI is InChI=1S/C19H19F3N2O5S/c1-12(18(25)23-10-13-6-7-16-17(8-13)29-11-28-16)24(30(2,26)27)15-5-3-4-14(9-15)19(20,21)22/h3-9,12H,10-11H2,1-2H3,(H,23,25)/t12-/m1/s1. The maximum absolute atomic E-state index is 13.0. The minimum absolute atomic E-state index is 0.0695. The first-order chi connectivity index (χ1) is 14.0. The van der Waals surface area contributed by atoms with Crippen molar-refractivity contribution in [3.05, 3.63) is 53.6 Å². The lowest BCUT2D eigenvalue weighted by molar-refractivity contribution is -0.137. The number of rotatable bonds is 6. The summed E-state index contributed by atoms with van der Waals surface area (Å²) in [6, 6.07) is 7.60. The van der Waals surface area contributed by atoms with Gasteiger partial charge in [0.25, 0.3) is 0 Å². The number of nitrogens with one attached hydrogen (secondary N) is 1. The summed E-state index contributed by atoms with van der Waals surface area (Å²) in [5, 5.41) is 2.59. The maximum Gasteiger partial charge on any atom is 0.416 e. The summed E-state index contributed by atoms with van der Waals surface area (Å²) in [5.74, 6) is 0.429. The van der Waals surface area contributed by atoms with Crippen LogP contribution < -0.4 is 19.1 Å². The van der Waals surface area contributed by atoms with Crippen molar-refractivity contribution >= 4 is 21.6 Å². The molecule has 0 unspecified atom stereocenters. The van der Waals surface area contributed by atoms with Crippen molar-refractivity contribution in [2.24, 2.45) is 0 Å². The van der Waals surface area contributed by atoms with Crippen LogP contribution in [0, 0.1) is 0 Å². The summed E-state index contributed by atoms with van der Waals surface area (Å²) in [5.41, 5.74) is -0.579. The quantitative estimate of drug-likeness (QED) is 0.741. The van der Waals surface area contributed by atoms with Gasteiger partial charge in [-0.1, -0.05) is 12.1 Å². The molecule has 1 atom stereocenters. The van der Waals surface area contributed by atoms with Gasteiger partial charge < -0.3 is 14.8 Å². The van der Waals surface area contributed by atoms with Crippen LogP contribution >= 0.6 is 0 Å². The highest BCUT2D eigenvalue weighted by molar-refractivity contribution is 7.92. The van der Waals surface area contributed by atoms with Gasteiger partial charge in [0.1, 0.15) is 6.04 Å². The Kier molecular flexibility index (Phi) is 5.84. The lowest BCUT2D eigenvalue weighted by Crippen LogP contribution is -2.47. The van der Waals surface area contributed by atoms with Crippen LogP contribution in [-0.4, -0.2) is 33.4 Å². The molecule has 0 aromatic heterocycles. The largest absolute Gasteiger partial charge is 0.454 e. The van der Waals surface area contributed by atoms with E-state index in [4.69, 9.17) is 9.47 Å². The van der Waals surface area contributed by atoms with Crippen molar-refractivity contribution in [3.8, 4) is 11.5 Å². The third-order valence-electron chi connectivity index (χ3n) is 4.42. The molecule has 1 aliphatic heterocycles. The Morgan fingerprint density at radius 1 is 1.17 bits per heavy atom. The molecule has 11 heteroatoms. The third-order valence-corrected chi connectivity index (χ3v) is 5.66. The molecule has 2 aromatic rings. The number of halogens is 3. The summed E-state index contributed by atoms with van der Waals surface area (Å²) in [6.07, 6.45) is -3.82. The number of hydrogen-bond acceptors (Lipinski definition) is 5. The summed E-state index contributed by atoms with van der Waals surface area (Å²) in [6.45, 7) is 1.47. The van der Waals surface area contributed by atoms with Crippen LogP contribution in [-0.2, 0) is 27.5 Å². The van der Waals surface area contributed by atoms with Gasteiger partial charge in [0.2, 0.25) is 22.7 Å². The SMILES string of the molecule is C[C@H](C(=O)NCc1ccc2c(c1)OCO2)N(c1cccc(C(F)(F)F)c1)S(C)(=O)=O. The highest BCUT2D eigenvalue weighted by Gasteiger charge is 2.34. The van der Waals surface area contributed by atoms with Crippen LogP contribution in [0.15, 0.2) is 42.5 Å². The lowest BCUT2D eigenvalue weighted by atomic mass is 10.1. The molecule has 0 spiro atoms. The highest BCUT2D eigenvalue weighted by Crippen LogP contribution is 2.33. The van der Waals surface area contributed by atoms with E-state index in [1.165, 1.54) is 13.0 Å². The van der Waals surface area contributed by atoms with E-state index in [-0.39, 0.29) is 19.0 Å². The molecule has 0 bridgehead atoms. The van der Waals surface area contributed by atoms with Gasteiger partial charge in [-0.3, -0.25) is 9.10 Å². The molecule has 0 saturated heterocycles. The van der Waals surface area contributed by atoms with Crippen molar-refractivity contribution in [2.75, 3.05) is 17.4 Å². The summed E-state index contributed by atoms with van der Waals surface area (Å²) in [7, 11) is -4.05. The predicted molar refractivity (Wildman–Crippen MR) is 103 cm³/mol. The topological polar surface area (TPSA) is 84.9 Å². The number of benzene rings is 2. The molecule has 30 heavy (non-hydrogen) atoms. The third kappa shape index (κ3) is 4.78. The molecule has 0 radical (unpaired) electrons. The fourth-order valence-corrected chi connectivity index (χ4v) is 4.18. The van der Waals surface area contributed by atoms with Gasteiger partial charge in [-0.2, -0.15) is 13.2 Å². The molecule has 0 fully saturated rings. The van der Waals surface area contributed by atoms with E-state index in [0.29, 0.717) is 27.4 Å². The average Bonchev–Trinajstić information content (AvgIpc) is 3.12. The fraction of sp³-hybridized carbons (Fsp3) is 0.316. The van der Waals surface area contributed by atoms with Crippen LogP contribution in [0.5, 0.6) is 11.5 Å². The number of fused-ring (bicyclic) bond motifs is 1. The predicted octanol–water partition coefficient (Wildman–Crippen LogP) is 2.91. The second-order valence-electron chi connectivity index (χ2n) is 6.69. The minimum Gasteiger partial charge on any atom is -0.454 e. The molecule has 1 amide bonds. The number of amides is 1. The Morgan fingerprint density at radius 3 is 2.53 bits per heavy atom. The Balaban J connectivity index is 1.78. The molecule has 1 N–H and O–H groups in total. The number of sulfonamides is 1. The zero-order valence-corrected chi connectivity index (χ0v) is 16.9. The number of hydrogen-bond donors (Lipinski definition) is 1. The molecule has 1 aliphatic rings. The fourth-order valence-electron chi connectivity index (χ4n) is 3.02. The molecule has 1 heterocycles. The molecule has 2 aromatic carbocycles. The molecule has 0 aliphatic carbocycles. The molecule has 0 saturated carbocycles. The lowest BCUT2D eigenvalue weighted by Gasteiger charge is -2.28. The van der Waals surface area contributed by atoms with E-state index in [1.807, 2.05) is 0 Å². The van der Waals surface area contributed by atoms with Crippen molar-refractivity contribution in [1.82, 2.24) is 5.32 Å². The van der Waals surface area contributed by atoms with Crippen molar-refractivity contribution in [2.45, 2.75) is 25.7 Å². The normalized spacial score (nSPS) is 14.3. The second kappa shape index (κ2) is 8.05. The zero-order valence-electron chi connectivity index (χ0n) is 16.1. The van der Waals surface area contributed by atoms with Crippen LogP contribution in [0.25, 0.3) is 0 Å². The smallest absolute Gasteiger partial charge is 0.416 e. The van der Waals surface area contributed by atoms with Crippen LogP contribution in [0.4, 0.5) is 18.9 Å². The molecule has 7 nitrogen and oxygen atoms in total. The number of carbonyl (C=O) groups is 1. The number of alkyl halides is 3. The van der Waals surface area contributed by atoms with Gasteiger partial charge in [0, 0.05) is 6.54 Å². The van der Waals surface area contributed by atoms with Gasteiger partial charge in [0.05, 0.1) is 17.5 Å². The molecular weight excluding hydrogens is 425 g/mol. The maximum atomic E-state index is 13.0. The van der Waals surface area contributed by atoms with E-state index in [0.717, 1.165) is 18.4 Å².